The summed E-state index contributed by atoms with van der Waals surface area (Å²) in [5.74, 6) is -2.42. The Hall–Kier alpha value is -8.02. The maximum absolute atomic E-state index is 9.92. The third-order valence-electron chi connectivity index (χ3n) is 10.1. The summed E-state index contributed by atoms with van der Waals surface area (Å²) in [6.45, 7) is -7.74. The number of nitrogens with zero attached hydrogens (tertiary/aromatic N) is 4. The quantitative estimate of drug-likeness (QED) is 0.112. The fourth-order valence-corrected chi connectivity index (χ4v) is 7.01. The van der Waals surface area contributed by atoms with E-state index in [2.05, 4.69) is 11.3 Å². The third-order valence-corrected chi connectivity index (χ3v) is 10.1. The van der Waals surface area contributed by atoms with Crippen LogP contribution in [0.1, 0.15) is 109 Å². The summed E-state index contributed by atoms with van der Waals surface area (Å²) in [7, 11) is 0. The van der Waals surface area contributed by atoms with Crippen LogP contribution in [0.3, 0.4) is 0 Å². The number of hydrogen-bond acceptors (Lipinski definition) is 2. The van der Waals surface area contributed by atoms with Gasteiger partial charge in [0.1, 0.15) is 17.3 Å². The third kappa shape index (κ3) is 7.76. The summed E-state index contributed by atoms with van der Waals surface area (Å²) in [4.78, 5) is 4.23. The van der Waals surface area contributed by atoms with Crippen LogP contribution in [0.15, 0.2) is 206 Å². The summed E-state index contributed by atoms with van der Waals surface area (Å²) in [6, 6.07) is -32.3. The fourth-order valence-electron chi connectivity index (χ4n) is 7.01. The predicted octanol–water partition coefficient (Wildman–Crippen LogP) is 15.6. The Kier molecular flexibility index (Phi) is 4.02. The Morgan fingerprint density at radius 2 is 1.21 bits per heavy atom. The van der Waals surface area contributed by atoms with Gasteiger partial charge in [0.15, 0.2) is 0 Å². The smallest absolute Gasteiger partial charge is 0.269 e. The summed E-state index contributed by atoms with van der Waals surface area (Å²) in [5, 5.41) is -1.33. The number of para-hydroxylation sites is 3. The maximum Gasteiger partial charge on any atom is 0.269 e. The molecule has 5 nitrogen and oxygen atoms in total. The highest BCUT2D eigenvalue weighted by atomic mass is 16.5. The molecule has 0 atom stereocenters. The highest BCUT2D eigenvalue weighted by Gasteiger charge is 2.22. The molecule has 8 aromatic carbocycles. The van der Waals surface area contributed by atoms with E-state index >= 15 is 0 Å². The predicted molar refractivity (Wildman–Crippen MR) is 276 cm³/mol. The van der Waals surface area contributed by atoms with Gasteiger partial charge < -0.3 is 4.74 Å². The molecule has 11 rings (SSSR count). The Balaban J connectivity index is 1.26. The first-order valence-corrected chi connectivity index (χ1v) is 19.8. The second-order valence-electron chi connectivity index (χ2n) is 15.6. The molecule has 67 heavy (non-hydrogen) atoms. The molecular weight excluding hydrogens is 817 g/mol. The average Bonchev–Trinajstić information content (AvgIpc) is 0.704. The van der Waals surface area contributed by atoms with Gasteiger partial charge in [0.05, 0.1) is 77.3 Å². The van der Waals surface area contributed by atoms with Crippen LogP contribution in [0.5, 0.6) is 11.5 Å². The van der Waals surface area contributed by atoms with Gasteiger partial charge in [0.2, 0.25) is 0 Å². The van der Waals surface area contributed by atoms with Crippen molar-refractivity contribution in [2.24, 2.45) is 0 Å². The van der Waals surface area contributed by atoms with E-state index in [1.807, 2.05) is 0 Å². The molecule has 0 N–H and O–H groups in total. The van der Waals surface area contributed by atoms with Crippen LogP contribution >= 0.6 is 0 Å². The van der Waals surface area contributed by atoms with Gasteiger partial charge in [-0.25, -0.2) is 4.98 Å². The molecule has 11 aromatic rings. The SMILES string of the molecule is [2H]c1nc(-n2c3cc(Oc4cc(-n5[c-][n+](-c6c(-c7c([2H])c([2H])c([2H])c([2H])c7[2H])c([2H])c([2H])c([2H])c6-c6c([2H])c([2H])c([2H])c([2H])c6[2H])c6c([2H])c([2H])c([2H])c([2H])c65)c([2H])c([2H])c4[2H])c([2H])c([2H])c3c3c([2H])c(-c4c([2H])c([2H])c(C(C([2H])([2H])[2H])(C([2H])([2H])[2H])C([2H])([2H])[2H])c([2H])c4[2H])c([2H])c([2H])c32)c([2H])c(C(C)(C)C)c1[2H]. The zero-order valence-electron chi connectivity index (χ0n) is 75.9. The van der Waals surface area contributed by atoms with Crippen LogP contribution in [0.25, 0.3) is 83.4 Å². The average molecular weight is 910 g/mol. The van der Waals surface area contributed by atoms with Gasteiger partial charge in [-0.1, -0.05) is 180 Å². The van der Waals surface area contributed by atoms with E-state index in [9.17, 15) is 20.6 Å². The number of benzene rings is 8. The highest BCUT2D eigenvalue weighted by Crippen LogP contribution is 2.39. The van der Waals surface area contributed by atoms with Crippen molar-refractivity contribution in [1.29, 1.82) is 0 Å². The van der Waals surface area contributed by atoms with Crippen molar-refractivity contribution >= 4 is 32.8 Å². The topological polar surface area (TPSA) is 35.9 Å². The van der Waals surface area contributed by atoms with Gasteiger partial charge in [0.25, 0.3) is 6.33 Å². The molecule has 3 aromatic heterocycles. The Morgan fingerprint density at radius 1 is 0.537 bits per heavy atom. The minimum atomic E-state index is -4.14. The van der Waals surface area contributed by atoms with Crippen molar-refractivity contribution in [2.75, 3.05) is 0 Å². The van der Waals surface area contributed by atoms with Crippen molar-refractivity contribution in [3.8, 4) is 62.1 Å². The normalized spacial score (nSPS) is 21.3. The molecule has 0 radical (unpaired) electrons. The van der Waals surface area contributed by atoms with E-state index < -0.39 is 325 Å². The van der Waals surface area contributed by atoms with Crippen LogP contribution in [-0.4, -0.2) is 14.1 Å². The molecule has 0 saturated heterocycles. The number of ether oxygens (including phenoxy) is 1. The number of aromatic nitrogens is 4. The van der Waals surface area contributed by atoms with E-state index in [1.165, 1.54) is 0 Å². The van der Waals surface area contributed by atoms with Crippen LogP contribution < -0.4 is 9.30 Å². The molecular formula is C62H52N4O. The lowest BCUT2D eigenvalue weighted by molar-refractivity contribution is -0.571. The van der Waals surface area contributed by atoms with Crippen molar-refractivity contribution < 1.29 is 65.5 Å². The number of pyridine rings is 1. The van der Waals surface area contributed by atoms with Crippen molar-refractivity contribution in [1.82, 2.24) is 14.1 Å². The molecule has 0 saturated carbocycles. The minimum Gasteiger partial charge on any atom is -0.458 e. The lowest BCUT2D eigenvalue weighted by Gasteiger charge is -2.20. The molecule has 0 spiro atoms. The Morgan fingerprint density at radius 3 is 1.93 bits per heavy atom. The van der Waals surface area contributed by atoms with Gasteiger partial charge in [-0.2, -0.15) is 0 Å². The van der Waals surface area contributed by atoms with Gasteiger partial charge in [-0.05, 0) is 110 Å². The van der Waals surface area contributed by atoms with Gasteiger partial charge >= 0.3 is 0 Å². The van der Waals surface area contributed by atoms with Crippen molar-refractivity contribution in [2.45, 2.75) is 52.2 Å². The molecule has 0 bridgehead atoms. The second kappa shape index (κ2) is 16.4. The van der Waals surface area contributed by atoms with Crippen LogP contribution in [0.2, 0.25) is 0 Å². The Bertz CT molecular complexity index is 5660. The highest BCUT2D eigenvalue weighted by molar-refractivity contribution is 6.10. The van der Waals surface area contributed by atoms with Gasteiger partial charge in [-0.3, -0.25) is 13.7 Å². The molecule has 3 heterocycles. The molecule has 326 valence electrons. The van der Waals surface area contributed by atoms with E-state index in [-0.39, 0.29) is 5.56 Å². The van der Waals surface area contributed by atoms with Crippen LogP contribution in [0.4, 0.5) is 0 Å². The van der Waals surface area contributed by atoms with E-state index in [4.69, 9.17) is 40.4 Å². The molecule has 5 heteroatoms. The van der Waals surface area contributed by atoms with E-state index in [0.717, 1.165) is 16.7 Å². The first kappa shape index (κ1) is 16.4. The second-order valence-corrected chi connectivity index (χ2v) is 15.6. The molecule has 0 aliphatic rings. The molecule has 0 unspecified atom stereocenters. The maximum atomic E-state index is 9.92. The standard InChI is InChI=1S/C62H52N4O/c1-61(2,3)46-30-27-42(28-31-46)45-29-34-55-54(37-45)53-33-32-50(40-58(53)66(55)59-38-47(35-36-63-59)62(4,5)6)67-49-22-15-21-48(39-49)64-41-65(57-26-14-13-25-56(57)64)60-51(43-17-9-7-10-18-43)23-16-24-52(60)44-19-11-8-12-20-44/h7-40H,1-6H3/i1D3,2D3,3D3,7D,8D,9D,10D,11D,12D,13D,14D,15D,16D,17D,18D,19D,20D,21D,22D,23D,24D,25D,26D,27D,28D,29D,30D,31D,32D,33D,34D,35D,36D,37D,38D. The van der Waals surface area contributed by atoms with Crippen LogP contribution in [-0.2, 0) is 10.8 Å². The van der Waals surface area contributed by atoms with E-state index in [1.54, 1.807) is 20.8 Å². The first-order chi connectivity index (χ1) is 49.6. The fraction of sp³-hybridized carbons (Fsp3) is 0.129. The summed E-state index contributed by atoms with van der Waals surface area (Å²) >= 11 is 0. The lowest BCUT2D eigenvalue weighted by atomic mass is 9.86. The molecule has 0 aliphatic heterocycles. The minimum absolute atomic E-state index is 0.173. The summed E-state index contributed by atoms with van der Waals surface area (Å²) in [6.07, 6.45) is 1.84. The lowest BCUT2D eigenvalue weighted by Crippen LogP contribution is -2.31. The largest absolute Gasteiger partial charge is 0.458 e. The monoisotopic (exact) mass is 910 g/mol. The zero-order chi connectivity index (χ0) is 81.2. The van der Waals surface area contributed by atoms with Crippen molar-refractivity contribution in [3.63, 3.8) is 0 Å². The number of imidazole rings is 1. The van der Waals surface area contributed by atoms with Crippen molar-refractivity contribution in [3.05, 3.63) is 223 Å². The van der Waals surface area contributed by atoms with E-state index in [0.29, 0.717) is 9.13 Å². The number of fused-ring (bicyclic) bond motifs is 4. The Labute approximate surface area is 450 Å². The molecule has 0 fully saturated rings. The first-order valence-electron chi connectivity index (χ1n) is 40.3. The molecule has 0 aliphatic carbocycles. The molecule has 0 amide bonds. The van der Waals surface area contributed by atoms with Gasteiger partial charge in [-0.15, -0.1) is 0 Å². The number of rotatable bonds is 8. The van der Waals surface area contributed by atoms with Crippen LogP contribution in [0, 0.1) is 6.33 Å². The number of hydrogen-bond donors (Lipinski definition) is 0. The zero-order valence-corrected chi connectivity index (χ0v) is 34.9. The summed E-state index contributed by atoms with van der Waals surface area (Å²) < 4.78 is 377. The van der Waals surface area contributed by atoms with Gasteiger partial charge in [0, 0.05) is 35.3 Å². The summed E-state index contributed by atoms with van der Waals surface area (Å²) in [5.41, 5.74) is -17.6.